The number of hydrogen-bond acceptors (Lipinski definition) is 5. The number of benzene rings is 6. The summed E-state index contributed by atoms with van der Waals surface area (Å²) >= 11 is 0. The van der Waals surface area contributed by atoms with Crippen molar-refractivity contribution < 1.29 is 4.74 Å². The van der Waals surface area contributed by atoms with Crippen LogP contribution in [0.4, 0.5) is 34.1 Å². The molecule has 6 aromatic carbocycles. The molecule has 6 rings (SSSR count). The summed E-state index contributed by atoms with van der Waals surface area (Å²) in [5.74, 6) is 1.53. The Bertz CT molecular complexity index is 1600. The number of nitrogen functional groups attached to an aromatic ring is 2. The summed E-state index contributed by atoms with van der Waals surface area (Å²) in [6, 6.07) is 53.7. The van der Waals surface area contributed by atoms with Gasteiger partial charge in [-0.15, -0.1) is 0 Å². The molecule has 5 nitrogen and oxygen atoms in total. The van der Waals surface area contributed by atoms with Crippen molar-refractivity contribution >= 4 is 34.1 Å². The lowest BCUT2D eigenvalue weighted by Crippen LogP contribution is -2.30. The van der Waals surface area contributed by atoms with E-state index in [1.165, 1.54) is 11.1 Å². The normalized spacial score (nSPS) is 10.7. The molecule has 6 aromatic rings. The van der Waals surface area contributed by atoms with Crippen LogP contribution in [-0.4, -0.2) is 13.1 Å². The molecule has 218 valence electrons. The van der Waals surface area contributed by atoms with Gasteiger partial charge in [0, 0.05) is 47.2 Å². The summed E-state index contributed by atoms with van der Waals surface area (Å²) in [7, 11) is 0. The molecule has 0 spiro atoms. The van der Waals surface area contributed by atoms with Crippen LogP contribution in [0.5, 0.6) is 11.5 Å². The summed E-state index contributed by atoms with van der Waals surface area (Å²) in [6.45, 7) is 1.55. The van der Waals surface area contributed by atoms with Crippen molar-refractivity contribution in [2.75, 3.05) is 34.4 Å². The van der Waals surface area contributed by atoms with Crippen LogP contribution in [0.2, 0.25) is 0 Å². The van der Waals surface area contributed by atoms with Gasteiger partial charge in [0.25, 0.3) is 0 Å². The number of para-hydroxylation sites is 2. The van der Waals surface area contributed by atoms with E-state index in [9.17, 15) is 0 Å². The maximum Gasteiger partial charge on any atom is 0.127 e. The van der Waals surface area contributed by atoms with Crippen LogP contribution in [-0.2, 0) is 6.42 Å². The first kappa shape index (κ1) is 28.4. The van der Waals surface area contributed by atoms with Crippen LogP contribution < -0.4 is 26.0 Å². The van der Waals surface area contributed by atoms with Crippen molar-refractivity contribution in [2.45, 2.75) is 6.42 Å². The maximum atomic E-state index is 6.05. The molecule has 0 bridgehead atoms. The first-order chi connectivity index (χ1) is 21.6. The molecule has 0 saturated heterocycles. The molecule has 0 aromatic heterocycles. The molecular weight excluding hydrogens is 540 g/mol. The Hall–Kier alpha value is -5.68. The van der Waals surface area contributed by atoms with Crippen LogP contribution in [0.3, 0.4) is 0 Å². The minimum atomic E-state index is 0.713. The van der Waals surface area contributed by atoms with E-state index in [1.54, 1.807) is 0 Å². The second kappa shape index (κ2) is 13.5. The van der Waals surface area contributed by atoms with Crippen molar-refractivity contribution in [3.05, 3.63) is 169 Å². The highest BCUT2D eigenvalue weighted by atomic mass is 16.5. The van der Waals surface area contributed by atoms with Crippen molar-refractivity contribution in [3.63, 3.8) is 0 Å². The van der Waals surface area contributed by atoms with E-state index >= 15 is 0 Å². The van der Waals surface area contributed by atoms with Gasteiger partial charge in [-0.2, -0.15) is 0 Å². The molecule has 0 amide bonds. The van der Waals surface area contributed by atoms with Gasteiger partial charge in [0.2, 0.25) is 0 Å². The minimum absolute atomic E-state index is 0.713. The zero-order valence-corrected chi connectivity index (χ0v) is 24.6. The second-order valence-corrected chi connectivity index (χ2v) is 10.7. The SMILES string of the molecule is Nc1ccc(Cc2ccc(N(CCN(c3ccccc3)c3ccc(Oc4ccc(N)cc4)cc3)c3ccccc3)cc2)cc1. The van der Waals surface area contributed by atoms with Crippen LogP contribution in [0.15, 0.2) is 158 Å². The predicted molar refractivity (Wildman–Crippen MR) is 184 cm³/mol. The van der Waals surface area contributed by atoms with E-state index in [0.29, 0.717) is 5.69 Å². The number of nitrogens with two attached hydrogens (primary N) is 2. The molecule has 0 aliphatic carbocycles. The number of rotatable bonds is 11. The van der Waals surface area contributed by atoms with Gasteiger partial charge in [0.15, 0.2) is 0 Å². The molecule has 4 N–H and O–H groups in total. The molecule has 0 fully saturated rings. The standard InChI is InChI=1S/C39H36N4O/c40-32-15-11-30(12-16-32)29-31-13-19-36(20-14-31)42(34-7-3-1-4-8-34)27-28-43(35-9-5-2-6-10-35)37-21-25-39(26-22-37)44-38-23-17-33(41)18-24-38/h1-26H,27-29,40-41H2. The Morgan fingerprint density at radius 1 is 0.386 bits per heavy atom. The summed E-state index contributed by atoms with van der Waals surface area (Å²) in [6.07, 6.45) is 0.867. The van der Waals surface area contributed by atoms with E-state index in [-0.39, 0.29) is 0 Å². The lowest BCUT2D eigenvalue weighted by Gasteiger charge is -2.31. The average molecular weight is 577 g/mol. The van der Waals surface area contributed by atoms with Gasteiger partial charge in [0.05, 0.1) is 0 Å². The summed E-state index contributed by atoms with van der Waals surface area (Å²) in [4.78, 5) is 4.72. The van der Waals surface area contributed by atoms with Crippen LogP contribution >= 0.6 is 0 Å². The third-order valence-electron chi connectivity index (χ3n) is 7.58. The fourth-order valence-corrected chi connectivity index (χ4v) is 5.26. The van der Waals surface area contributed by atoms with Gasteiger partial charge in [-0.05, 0) is 115 Å². The Kier molecular flexibility index (Phi) is 8.75. The molecule has 0 aliphatic heterocycles. The highest BCUT2D eigenvalue weighted by molar-refractivity contribution is 5.67. The Morgan fingerprint density at radius 2 is 0.727 bits per heavy atom. The van der Waals surface area contributed by atoms with Gasteiger partial charge in [0.1, 0.15) is 11.5 Å². The molecular formula is C39H36N4O. The largest absolute Gasteiger partial charge is 0.457 e. The predicted octanol–water partition coefficient (Wildman–Crippen LogP) is 9.21. The maximum absolute atomic E-state index is 6.05. The summed E-state index contributed by atoms with van der Waals surface area (Å²) in [5.41, 5.74) is 20.2. The first-order valence-electron chi connectivity index (χ1n) is 14.8. The Labute approximate surface area is 259 Å². The molecule has 0 aliphatic rings. The van der Waals surface area contributed by atoms with Crippen LogP contribution in [0.1, 0.15) is 11.1 Å². The van der Waals surface area contributed by atoms with Crippen LogP contribution in [0.25, 0.3) is 0 Å². The number of ether oxygens (including phenoxy) is 1. The average Bonchev–Trinajstić information content (AvgIpc) is 3.07. The second-order valence-electron chi connectivity index (χ2n) is 10.7. The Morgan fingerprint density at radius 3 is 1.18 bits per heavy atom. The lowest BCUT2D eigenvalue weighted by molar-refractivity contribution is 0.483. The van der Waals surface area contributed by atoms with Crippen molar-refractivity contribution in [2.24, 2.45) is 0 Å². The highest BCUT2D eigenvalue weighted by Gasteiger charge is 2.15. The van der Waals surface area contributed by atoms with Crippen molar-refractivity contribution in [1.82, 2.24) is 0 Å². The Balaban J connectivity index is 1.23. The first-order valence-corrected chi connectivity index (χ1v) is 14.8. The zero-order valence-electron chi connectivity index (χ0n) is 24.6. The smallest absolute Gasteiger partial charge is 0.127 e. The molecule has 5 heteroatoms. The third kappa shape index (κ3) is 7.20. The number of nitrogens with zero attached hydrogens (tertiary/aromatic N) is 2. The summed E-state index contributed by atoms with van der Waals surface area (Å²) in [5, 5.41) is 0. The van der Waals surface area contributed by atoms with Gasteiger partial charge in [-0.1, -0.05) is 60.7 Å². The van der Waals surface area contributed by atoms with E-state index in [2.05, 4.69) is 113 Å². The van der Waals surface area contributed by atoms with Crippen molar-refractivity contribution in [1.29, 1.82) is 0 Å². The van der Waals surface area contributed by atoms with Crippen LogP contribution in [0, 0.1) is 0 Å². The van der Waals surface area contributed by atoms with Gasteiger partial charge >= 0.3 is 0 Å². The molecule has 0 radical (unpaired) electrons. The van der Waals surface area contributed by atoms with Gasteiger partial charge < -0.3 is 26.0 Å². The van der Waals surface area contributed by atoms with E-state index in [4.69, 9.17) is 16.2 Å². The zero-order chi connectivity index (χ0) is 30.1. The number of hydrogen-bond donors (Lipinski definition) is 2. The quantitative estimate of drug-likeness (QED) is 0.151. The van der Waals surface area contributed by atoms with E-state index in [0.717, 1.165) is 59.4 Å². The van der Waals surface area contributed by atoms with Crippen molar-refractivity contribution in [3.8, 4) is 11.5 Å². The monoisotopic (exact) mass is 576 g/mol. The molecule has 0 unspecified atom stereocenters. The third-order valence-corrected chi connectivity index (χ3v) is 7.58. The topological polar surface area (TPSA) is 67.8 Å². The summed E-state index contributed by atoms with van der Waals surface area (Å²) < 4.78 is 6.05. The minimum Gasteiger partial charge on any atom is -0.457 e. The number of anilines is 6. The molecule has 44 heavy (non-hydrogen) atoms. The fourth-order valence-electron chi connectivity index (χ4n) is 5.26. The van der Waals surface area contributed by atoms with E-state index in [1.807, 2.05) is 54.6 Å². The lowest BCUT2D eigenvalue weighted by atomic mass is 10.0. The van der Waals surface area contributed by atoms with Gasteiger partial charge in [-0.3, -0.25) is 0 Å². The molecule has 0 saturated carbocycles. The molecule has 0 heterocycles. The molecule has 0 atom stereocenters. The highest BCUT2D eigenvalue weighted by Crippen LogP contribution is 2.31. The van der Waals surface area contributed by atoms with E-state index < -0.39 is 0 Å². The fraction of sp³-hybridized carbons (Fsp3) is 0.0769. The van der Waals surface area contributed by atoms with Gasteiger partial charge in [-0.25, -0.2) is 0 Å².